The summed E-state index contributed by atoms with van der Waals surface area (Å²) in [6.07, 6.45) is 0.301. The van der Waals surface area contributed by atoms with Crippen LogP contribution in [0.3, 0.4) is 0 Å². The first-order chi connectivity index (χ1) is 6.97. The molecular weight excluding hydrogens is 188 g/mol. The van der Waals surface area contributed by atoms with Gasteiger partial charge in [0.05, 0.1) is 12.2 Å². The number of aryl methyl sites for hydroxylation is 2. The van der Waals surface area contributed by atoms with Crippen LogP contribution in [0.15, 0.2) is 30.5 Å². The first-order valence-electron chi connectivity index (χ1n) is 4.91. The van der Waals surface area contributed by atoms with Gasteiger partial charge in [0.1, 0.15) is 0 Å². The summed E-state index contributed by atoms with van der Waals surface area (Å²) in [5.41, 5.74) is 3.31. The molecule has 0 bridgehead atoms. The average Bonchev–Trinajstić information content (AvgIpc) is 1.98. The maximum atomic E-state index is 11.4. The summed E-state index contributed by atoms with van der Waals surface area (Å²) in [6, 6.07) is 6.06. The lowest BCUT2D eigenvalue weighted by atomic mass is 10.1. The standard InChI is InChI=1S/C13H16O2/c1-9(2)15-13(14)8-12-6-10(3)5-11(4)7-12/h5-7H,1,8H2,2-4H3. The fraction of sp³-hybridized carbons (Fsp3) is 0.308. The quantitative estimate of drug-likeness (QED) is 0.559. The summed E-state index contributed by atoms with van der Waals surface area (Å²) in [6.45, 7) is 9.22. The Hall–Kier alpha value is -1.57. The molecule has 0 aliphatic heterocycles. The van der Waals surface area contributed by atoms with Gasteiger partial charge in [0.15, 0.2) is 0 Å². The topological polar surface area (TPSA) is 26.3 Å². The molecular formula is C13H16O2. The van der Waals surface area contributed by atoms with Crippen molar-refractivity contribution in [1.82, 2.24) is 0 Å². The molecule has 0 fully saturated rings. The Kier molecular flexibility index (Phi) is 3.67. The highest BCUT2D eigenvalue weighted by Crippen LogP contribution is 2.10. The van der Waals surface area contributed by atoms with E-state index in [4.69, 9.17) is 4.74 Å². The van der Waals surface area contributed by atoms with Crippen LogP contribution in [0.25, 0.3) is 0 Å². The monoisotopic (exact) mass is 204 g/mol. The molecule has 0 unspecified atom stereocenters. The summed E-state index contributed by atoms with van der Waals surface area (Å²) in [5.74, 6) is 0.178. The number of allylic oxidation sites excluding steroid dienone is 1. The normalized spacial score (nSPS) is 9.80. The van der Waals surface area contributed by atoms with Gasteiger partial charge >= 0.3 is 5.97 Å². The van der Waals surface area contributed by atoms with Crippen LogP contribution in [0.4, 0.5) is 0 Å². The van der Waals surface area contributed by atoms with E-state index in [2.05, 4.69) is 12.6 Å². The molecule has 0 saturated heterocycles. The fourth-order valence-corrected chi connectivity index (χ4v) is 1.57. The lowest BCUT2D eigenvalue weighted by Crippen LogP contribution is -2.06. The van der Waals surface area contributed by atoms with Crippen LogP contribution in [0.1, 0.15) is 23.6 Å². The van der Waals surface area contributed by atoms with Crippen LogP contribution in [-0.4, -0.2) is 5.97 Å². The Bertz CT molecular complexity index is 371. The lowest BCUT2D eigenvalue weighted by Gasteiger charge is -2.05. The van der Waals surface area contributed by atoms with E-state index < -0.39 is 0 Å². The van der Waals surface area contributed by atoms with E-state index >= 15 is 0 Å². The number of rotatable bonds is 3. The smallest absolute Gasteiger partial charge is 0.315 e. The molecule has 2 heteroatoms. The highest BCUT2D eigenvalue weighted by Gasteiger charge is 2.05. The molecule has 0 spiro atoms. The minimum absolute atomic E-state index is 0.257. The Morgan fingerprint density at radius 1 is 1.27 bits per heavy atom. The van der Waals surface area contributed by atoms with Gasteiger partial charge in [-0.05, 0) is 26.3 Å². The van der Waals surface area contributed by atoms with E-state index in [1.54, 1.807) is 6.92 Å². The second kappa shape index (κ2) is 4.78. The Morgan fingerprint density at radius 2 is 1.80 bits per heavy atom. The number of esters is 1. The average molecular weight is 204 g/mol. The highest BCUT2D eigenvalue weighted by atomic mass is 16.5. The number of ether oxygens (including phenoxy) is 1. The van der Waals surface area contributed by atoms with Crippen molar-refractivity contribution in [2.45, 2.75) is 27.2 Å². The van der Waals surface area contributed by atoms with Gasteiger partial charge in [0, 0.05) is 0 Å². The number of carbonyl (C=O) groups is 1. The number of carbonyl (C=O) groups excluding carboxylic acids is 1. The molecule has 0 atom stereocenters. The Labute approximate surface area is 90.6 Å². The van der Waals surface area contributed by atoms with Gasteiger partial charge in [-0.15, -0.1) is 0 Å². The van der Waals surface area contributed by atoms with E-state index in [1.165, 1.54) is 0 Å². The summed E-state index contributed by atoms with van der Waals surface area (Å²) >= 11 is 0. The predicted octanol–water partition coefficient (Wildman–Crippen LogP) is 2.92. The van der Waals surface area contributed by atoms with Crippen molar-refractivity contribution in [3.8, 4) is 0 Å². The molecule has 15 heavy (non-hydrogen) atoms. The van der Waals surface area contributed by atoms with Gasteiger partial charge in [-0.3, -0.25) is 4.79 Å². The number of hydrogen-bond acceptors (Lipinski definition) is 2. The van der Waals surface area contributed by atoms with Crippen LogP contribution in [0.5, 0.6) is 0 Å². The molecule has 0 aliphatic rings. The third-order valence-corrected chi connectivity index (χ3v) is 1.92. The molecule has 0 N–H and O–H groups in total. The number of hydrogen-bond donors (Lipinski definition) is 0. The van der Waals surface area contributed by atoms with Crippen LogP contribution >= 0.6 is 0 Å². The van der Waals surface area contributed by atoms with Gasteiger partial charge in [0.25, 0.3) is 0 Å². The molecule has 1 rings (SSSR count). The van der Waals surface area contributed by atoms with Crippen molar-refractivity contribution in [3.05, 3.63) is 47.2 Å². The zero-order chi connectivity index (χ0) is 11.4. The van der Waals surface area contributed by atoms with Crippen molar-refractivity contribution >= 4 is 5.97 Å². The molecule has 0 saturated carbocycles. The molecule has 80 valence electrons. The molecule has 0 aliphatic carbocycles. The van der Waals surface area contributed by atoms with E-state index in [0.29, 0.717) is 12.2 Å². The maximum absolute atomic E-state index is 11.4. The lowest BCUT2D eigenvalue weighted by molar-refractivity contribution is -0.138. The Morgan fingerprint density at radius 3 is 2.27 bits per heavy atom. The summed E-state index contributed by atoms with van der Waals surface area (Å²) in [4.78, 5) is 11.4. The van der Waals surface area contributed by atoms with E-state index in [1.807, 2.05) is 26.0 Å². The van der Waals surface area contributed by atoms with Crippen molar-refractivity contribution in [2.24, 2.45) is 0 Å². The summed E-state index contributed by atoms with van der Waals surface area (Å²) in [7, 11) is 0. The van der Waals surface area contributed by atoms with Crippen molar-refractivity contribution in [1.29, 1.82) is 0 Å². The molecule has 1 aromatic rings. The Balaban J connectivity index is 2.72. The maximum Gasteiger partial charge on any atom is 0.315 e. The zero-order valence-corrected chi connectivity index (χ0v) is 9.46. The highest BCUT2D eigenvalue weighted by molar-refractivity contribution is 5.73. The third-order valence-electron chi connectivity index (χ3n) is 1.92. The van der Waals surface area contributed by atoms with Crippen molar-refractivity contribution < 1.29 is 9.53 Å². The second-order valence-corrected chi connectivity index (χ2v) is 3.85. The molecule has 0 amide bonds. The van der Waals surface area contributed by atoms with E-state index in [9.17, 15) is 4.79 Å². The van der Waals surface area contributed by atoms with Gasteiger partial charge in [-0.25, -0.2) is 0 Å². The molecule has 1 aromatic carbocycles. The summed E-state index contributed by atoms with van der Waals surface area (Å²) < 4.78 is 4.90. The molecule has 0 heterocycles. The minimum Gasteiger partial charge on any atom is -0.432 e. The predicted molar refractivity (Wildman–Crippen MR) is 60.5 cm³/mol. The van der Waals surface area contributed by atoms with E-state index in [-0.39, 0.29) is 5.97 Å². The second-order valence-electron chi connectivity index (χ2n) is 3.85. The van der Waals surface area contributed by atoms with Crippen LogP contribution < -0.4 is 0 Å². The molecule has 0 radical (unpaired) electrons. The van der Waals surface area contributed by atoms with Crippen LogP contribution in [-0.2, 0) is 16.0 Å². The minimum atomic E-state index is -0.257. The van der Waals surface area contributed by atoms with E-state index in [0.717, 1.165) is 16.7 Å². The van der Waals surface area contributed by atoms with Gasteiger partial charge in [-0.2, -0.15) is 0 Å². The van der Waals surface area contributed by atoms with Crippen molar-refractivity contribution in [3.63, 3.8) is 0 Å². The van der Waals surface area contributed by atoms with Crippen LogP contribution in [0, 0.1) is 13.8 Å². The van der Waals surface area contributed by atoms with Crippen molar-refractivity contribution in [2.75, 3.05) is 0 Å². The van der Waals surface area contributed by atoms with Gasteiger partial charge < -0.3 is 4.74 Å². The first kappa shape index (κ1) is 11.5. The molecule has 2 nitrogen and oxygen atoms in total. The molecule has 0 aromatic heterocycles. The first-order valence-corrected chi connectivity index (χ1v) is 4.91. The zero-order valence-electron chi connectivity index (χ0n) is 9.46. The SMILES string of the molecule is C=C(C)OC(=O)Cc1cc(C)cc(C)c1. The largest absolute Gasteiger partial charge is 0.432 e. The fourth-order valence-electron chi connectivity index (χ4n) is 1.57. The summed E-state index contributed by atoms with van der Waals surface area (Å²) in [5, 5.41) is 0. The van der Waals surface area contributed by atoms with Gasteiger partial charge in [-0.1, -0.05) is 35.9 Å². The van der Waals surface area contributed by atoms with Crippen LogP contribution in [0.2, 0.25) is 0 Å². The van der Waals surface area contributed by atoms with Gasteiger partial charge in [0.2, 0.25) is 0 Å². The third kappa shape index (κ3) is 3.98. The number of benzene rings is 1.